The number of nitrogens with zero attached hydrogens (tertiary/aromatic N) is 4. The molecule has 0 amide bonds. The fourth-order valence-corrected chi connectivity index (χ4v) is 4.14. The molecule has 0 saturated carbocycles. The molecule has 2 aliphatic rings. The highest BCUT2D eigenvalue weighted by atomic mass is 32.1. The van der Waals surface area contributed by atoms with Gasteiger partial charge in [0.1, 0.15) is 11.6 Å². The Labute approximate surface area is 156 Å². The first kappa shape index (κ1) is 18.2. The first-order valence-corrected chi connectivity index (χ1v) is 9.89. The van der Waals surface area contributed by atoms with Crippen molar-refractivity contribution in [1.29, 1.82) is 0 Å². The molecule has 0 spiro atoms. The lowest BCUT2D eigenvalue weighted by atomic mass is 9.92. The summed E-state index contributed by atoms with van der Waals surface area (Å²) < 4.78 is 0. The Morgan fingerprint density at radius 2 is 1.72 bits per heavy atom. The Morgan fingerprint density at radius 1 is 1.12 bits per heavy atom. The van der Waals surface area contributed by atoms with Gasteiger partial charge in [-0.15, -0.1) is 0 Å². The normalized spacial score (nSPS) is 23.6. The smallest absolute Gasteiger partial charge is 0.232 e. The molecule has 7 heteroatoms. The minimum atomic E-state index is 0.576. The van der Waals surface area contributed by atoms with Crippen molar-refractivity contribution in [3.05, 3.63) is 6.07 Å². The monoisotopic (exact) mass is 362 g/mol. The first-order chi connectivity index (χ1) is 12.0. The van der Waals surface area contributed by atoms with Crippen LogP contribution in [0.3, 0.4) is 0 Å². The molecule has 3 heterocycles. The van der Waals surface area contributed by atoms with Gasteiger partial charge in [-0.05, 0) is 50.2 Å². The molecule has 0 radical (unpaired) electrons. The lowest BCUT2D eigenvalue weighted by molar-refractivity contribution is 0.355. The molecule has 2 saturated heterocycles. The SMILES string of the molecule is CCNC(=S)Nc1nc(N2CCCC2)cc(N2C[C@@H](C)C[C@H](C)C2)n1. The highest BCUT2D eigenvalue weighted by Crippen LogP contribution is 2.29. The molecule has 0 unspecified atom stereocenters. The summed E-state index contributed by atoms with van der Waals surface area (Å²) in [6.45, 7) is 11.7. The fraction of sp³-hybridized carbons (Fsp3) is 0.722. The number of rotatable bonds is 4. The molecule has 2 atom stereocenters. The van der Waals surface area contributed by atoms with Crippen LogP contribution in [-0.4, -0.2) is 47.8 Å². The molecule has 1 aromatic rings. The van der Waals surface area contributed by atoms with Crippen molar-refractivity contribution in [2.24, 2.45) is 11.8 Å². The van der Waals surface area contributed by atoms with E-state index in [1.54, 1.807) is 0 Å². The van der Waals surface area contributed by atoms with Gasteiger partial charge >= 0.3 is 0 Å². The lowest BCUT2D eigenvalue weighted by Gasteiger charge is -2.36. The summed E-state index contributed by atoms with van der Waals surface area (Å²) in [4.78, 5) is 14.2. The van der Waals surface area contributed by atoms with Crippen molar-refractivity contribution < 1.29 is 0 Å². The molecular weight excluding hydrogens is 332 g/mol. The van der Waals surface area contributed by atoms with E-state index in [4.69, 9.17) is 22.2 Å². The zero-order valence-corrected chi connectivity index (χ0v) is 16.4. The Bertz CT molecular complexity index is 591. The molecular formula is C18H30N6S. The summed E-state index contributed by atoms with van der Waals surface area (Å²) in [5, 5.41) is 6.84. The summed E-state index contributed by atoms with van der Waals surface area (Å²) in [6.07, 6.45) is 3.75. The molecule has 0 aromatic carbocycles. The van der Waals surface area contributed by atoms with Crippen molar-refractivity contribution in [2.45, 2.75) is 40.0 Å². The molecule has 2 aliphatic heterocycles. The summed E-state index contributed by atoms with van der Waals surface area (Å²) in [5.74, 6) is 3.99. The summed E-state index contributed by atoms with van der Waals surface area (Å²) in [7, 11) is 0. The third-order valence-electron chi connectivity index (χ3n) is 4.88. The summed E-state index contributed by atoms with van der Waals surface area (Å²) >= 11 is 5.32. The van der Waals surface area contributed by atoms with Gasteiger partial charge in [-0.25, -0.2) is 0 Å². The molecule has 3 rings (SSSR count). The van der Waals surface area contributed by atoms with E-state index >= 15 is 0 Å². The molecule has 2 fully saturated rings. The minimum Gasteiger partial charge on any atom is -0.363 e. The van der Waals surface area contributed by atoms with E-state index in [1.807, 2.05) is 6.92 Å². The van der Waals surface area contributed by atoms with Gasteiger partial charge < -0.3 is 20.4 Å². The van der Waals surface area contributed by atoms with Crippen LogP contribution in [0.1, 0.15) is 40.0 Å². The lowest BCUT2D eigenvalue weighted by Crippen LogP contribution is -2.39. The van der Waals surface area contributed by atoms with Crippen molar-refractivity contribution >= 4 is 34.9 Å². The van der Waals surface area contributed by atoms with Crippen LogP contribution in [0.2, 0.25) is 0 Å². The van der Waals surface area contributed by atoms with E-state index in [-0.39, 0.29) is 0 Å². The topological polar surface area (TPSA) is 56.3 Å². The van der Waals surface area contributed by atoms with Gasteiger partial charge in [0.25, 0.3) is 0 Å². The van der Waals surface area contributed by atoms with Crippen LogP contribution in [0.4, 0.5) is 17.6 Å². The van der Waals surface area contributed by atoms with Crippen molar-refractivity contribution in [3.63, 3.8) is 0 Å². The average molecular weight is 363 g/mol. The summed E-state index contributed by atoms with van der Waals surface area (Å²) in [6, 6.07) is 2.15. The zero-order valence-electron chi connectivity index (χ0n) is 15.6. The molecule has 2 N–H and O–H groups in total. The minimum absolute atomic E-state index is 0.576. The van der Waals surface area contributed by atoms with Gasteiger partial charge in [0.2, 0.25) is 5.95 Å². The Balaban J connectivity index is 1.87. The van der Waals surface area contributed by atoms with Gasteiger partial charge in [-0.3, -0.25) is 0 Å². The molecule has 25 heavy (non-hydrogen) atoms. The van der Waals surface area contributed by atoms with Crippen molar-refractivity contribution in [1.82, 2.24) is 15.3 Å². The van der Waals surface area contributed by atoms with E-state index in [0.717, 1.165) is 44.4 Å². The van der Waals surface area contributed by atoms with Gasteiger partial charge in [0, 0.05) is 38.8 Å². The van der Waals surface area contributed by atoms with Crippen LogP contribution in [0.25, 0.3) is 0 Å². The quantitative estimate of drug-likeness (QED) is 0.799. The maximum Gasteiger partial charge on any atom is 0.232 e. The number of anilines is 3. The number of aromatic nitrogens is 2. The number of nitrogens with one attached hydrogen (secondary N) is 2. The highest BCUT2D eigenvalue weighted by molar-refractivity contribution is 7.80. The van der Waals surface area contributed by atoms with Gasteiger partial charge in [0.05, 0.1) is 0 Å². The molecule has 138 valence electrons. The second-order valence-corrected chi connectivity index (χ2v) is 7.85. The fourth-order valence-electron chi connectivity index (χ4n) is 3.90. The Morgan fingerprint density at radius 3 is 2.32 bits per heavy atom. The predicted octanol–water partition coefficient (Wildman–Crippen LogP) is 2.87. The van der Waals surface area contributed by atoms with E-state index in [0.29, 0.717) is 22.9 Å². The third kappa shape index (κ3) is 4.71. The van der Waals surface area contributed by atoms with E-state index in [2.05, 4.69) is 40.3 Å². The van der Waals surface area contributed by atoms with Crippen LogP contribution in [0.15, 0.2) is 6.07 Å². The summed E-state index contributed by atoms with van der Waals surface area (Å²) in [5.41, 5.74) is 0. The molecule has 0 bridgehead atoms. The number of hydrogen-bond acceptors (Lipinski definition) is 5. The number of hydrogen-bond donors (Lipinski definition) is 2. The molecule has 1 aromatic heterocycles. The maximum atomic E-state index is 5.32. The molecule has 6 nitrogen and oxygen atoms in total. The second-order valence-electron chi connectivity index (χ2n) is 7.44. The van der Waals surface area contributed by atoms with Crippen LogP contribution < -0.4 is 20.4 Å². The predicted molar refractivity (Wildman–Crippen MR) is 109 cm³/mol. The second kappa shape index (κ2) is 8.17. The highest BCUT2D eigenvalue weighted by Gasteiger charge is 2.25. The molecule has 0 aliphatic carbocycles. The Kier molecular flexibility index (Phi) is 5.93. The van der Waals surface area contributed by atoms with Crippen molar-refractivity contribution in [3.8, 4) is 0 Å². The maximum absolute atomic E-state index is 5.32. The Hall–Kier alpha value is -1.63. The van der Waals surface area contributed by atoms with Crippen LogP contribution in [0.5, 0.6) is 0 Å². The standard InChI is InChI=1S/C18H30N6S/c1-4-19-18(25)22-17-20-15(23-7-5-6-8-23)10-16(21-17)24-11-13(2)9-14(3)12-24/h10,13-14H,4-9,11-12H2,1-3H3,(H2,19,20,21,22,25)/t13-,14-/m0/s1. The van der Waals surface area contributed by atoms with E-state index in [9.17, 15) is 0 Å². The zero-order chi connectivity index (χ0) is 17.8. The van der Waals surface area contributed by atoms with Crippen LogP contribution in [0, 0.1) is 11.8 Å². The van der Waals surface area contributed by atoms with Gasteiger partial charge in [-0.2, -0.15) is 9.97 Å². The average Bonchev–Trinajstić information content (AvgIpc) is 3.08. The number of thiocarbonyl (C=S) groups is 1. The van der Waals surface area contributed by atoms with E-state index < -0.39 is 0 Å². The third-order valence-corrected chi connectivity index (χ3v) is 5.13. The first-order valence-electron chi connectivity index (χ1n) is 9.49. The van der Waals surface area contributed by atoms with Crippen LogP contribution in [-0.2, 0) is 0 Å². The van der Waals surface area contributed by atoms with Gasteiger partial charge in [0.15, 0.2) is 5.11 Å². The number of piperidine rings is 1. The van der Waals surface area contributed by atoms with Crippen molar-refractivity contribution in [2.75, 3.05) is 47.8 Å². The van der Waals surface area contributed by atoms with E-state index in [1.165, 1.54) is 19.3 Å². The largest absolute Gasteiger partial charge is 0.363 e. The van der Waals surface area contributed by atoms with Gasteiger partial charge in [-0.1, -0.05) is 13.8 Å². The van der Waals surface area contributed by atoms with Crippen LogP contribution >= 0.6 is 12.2 Å².